The number of rotatable bonds is 5. The number of hydrogen-bond acceptors (Lipinski definition) is 4. The molecule has 0 aliphatic carbocycles. The maximum atomic E-state index is 12.6. The van der Waals surface area contributed by atoms with E-state index in [0.717, 1.165) is 25.1 Å². The lowest BCUT2D eigenvalue weighted by atomic mass is 10.1. The minimum absolute atomic E-state index is 0.117. The van der Waals surface area contributed by atoms with Crippen LogP contribution in [0.1, 0.15) is 29.8 Å². The Balaban J connectivity index is 1.46. The first-order chi connectivity index (χ1) is 12.8. The third kappa shape index (κ3) is 3.70. The van der Waals surface area contributed by atoms with Gasteiger partial charge in [-0.1, -0.05) is 18.2 Å². The summed E-state index contributed by atoms with van der Waals surface area (Å²) >= 11 is 0. The van der Waals surface area contributed by atoms with Gasteiger partial charge in [0.25, 0.3) is 5.91 Å². The minimum atomic E-state index is -0.265. The van der Waals surface area contributed by atoms with E-state index in [1.165, 1.54) is 6.42 Å². The first kappa shape index (κ1) is 16.6. The maximum absolute atomic E-state index is 12.6. The van der Waals surface area contributed by atoms with E-state index in [1.807, 2.05) is 53.1 Å². The molecule has 0 unspecified atom stereocenters. The molecule has 1 atom stereocenters. The van der Waals surface area contributed by atoms with E-state index in [9.17, 15) is 4.79 Å². The van der Waals surface area contributed by atoms with Gasteiger partial charge in [0.05, 0.1) is 11.8 Å². The molecule has 3 aromatic rings. The van der Waals surface area contributed by atoms with E-state index < -0.39 is 0 Å². The molecule has 0 saturated carbocycles. The number of para-hydroxylation sites is 2. The molecule has 6 heteroatoms. The molecule has 1 aromatic carbocycles. The summed E-state index contributed by atoms with van der Waals surface area (Å²) in [5, 5.41) is 2.89. The van der Waals surface area contributed by atoms with Gasteiger partial charge in [-0.2, -0.15) is 0 Å². The summed E-state index contributed by atoms with van der Waals surface area (Å²) in [5.74, 6) is 0.373. The maximum Gasteiger partial charge on any atom is 0.275 e. The van der Waals surface area contributed by atoms with Crippen LogP contribution in [0.25, 0.3) is 5.65 Å². The van der Waals surface area contributed by atoms with Crippen molar-refractivity contribution in [3.63, 3.8) is 0 Å². The van der Waals surface area contributed by atoms with Crippen molar-refractivity contribution in [1.82, 2.24) is 9.38 Å². The number of ether oxygens (including phenoxy) is 2. The Morgan fingerprint density at radius 2 is 2.12 bits per heavy atom. The van der Waals surface area contributed by atoms with Crippen LogP contribution in [0, 0.1) is 0 Å². The van der Waals surface area contributed by atoms with E-state index in [4.69, 9.17) is 9.47 Å². The predicted molar refractivity (Wildman–Crippen MR) is 98.7 cm³/mol. The highest BCUT2D eigenvalue weighted by molar-refractivity contribution is 6.04. The number of fused-ring (bicyclic) bond motifs is 1. The molecule has 0 radical (unpaired) electrons. The standard InChI is InChI=1S/C20H21N3O3/c24-20(17-13-23-11-5-3-10-19(23)21-17)22-16-8-1-2-9-18(16)26-14-15-7-4-6-12-25-15/h1-3,5,8-11,13,15H,4,6-7,12,14H2,(H,22,24)/t15-/m0/s1. The zero-order valence-corrected chi connectivity index (χ0v) is 14.4. The first-order valence-corrected chi connectivity index (χ1v) is 8.88. The number of nitrogens with zero attached hydrogens (tertiary/aromatic N) is 2. The Kier molecular flexibility index (Phi) is 4.84. The van der Waals surface area contributed by atoms with E-state index >= 15 is 0 Å². The highest BCUT2D eigenvalue weighted by atomic mass is 16.5. The predicted octanol–water partition coefficient (Wildman–Crippen LogP) is 3.53. The highest BCUT2D eigenvalue weighted by Gasteiger charge is 2.17. The van der Waals surface area contributed by atoms with Gasteiger partial charge in [-0.15, -0.1) is 0 Å². The van der Waals surface area contributed by atoms with Crippen molar-refractivity contribution in [2.75, 3.05) is 18.5 Å². The monoisotopic (exact) mass is 351 g/mol. The van der Waals surface area contributed by atoms with Crippen LogP contribution in [0.4, 0.5) is 5.69 Å². The molecule has 4 rings (SSSR count). The van der Waals surface area contributed by atoms with Gasteiger partial charge in [0.15, 0.2) is 0 Å². The molecule has 1 amide bonds. The molecule has 1 aliphatic rings. The number of anilines is 1. The van der Waals surface area contributed by atoms with Crippen molar-refractivity contribution >= 4 is 17.2 Å². The summed E-state index contributed by atoms with van der Waals surface area (Å²) in [7, 11) is 0. The molecule has 0 spiro atoms. The van der Waals surface area contributed by atoms with E-state index in [0.29, 0.717) is 23.7 Å². The molecule has 26 heavy (non-hydrogen) atoms. The van der Waals surface area contributed by atoms with Crippen molar-refractivity contribution in [2.45, 2.75) is 25.4 Å². The molecular formula is C20H21N3O3. The Bertz CT molecular complexity index is 867. The molecule has 1 saturated heterocycles. The second-order valence-electron chi connectivity index (χ2n) is 6.34. The van der Waals surface area contributed by atoms with Crippen LogP contribution in [0.3, 0.4) is 0 Å². The fourth-order valence-corrected chi connectivity index (χ4v) is 3.05. The molecule has 3 heterocycles. The second-order valence-corrected chi connectivity index (χ2v) is 6.34. The van der Waals surface area contributed by atoms with Gasteiger partial charge in [0.2, 0.25) is 0 Å². The molecule has 1 N–H and O–H groups in total. The number of nitrogens with one attached hydrogen (secondary N) is 1. The largest absolute Gasteiger partial charge is 0.489 e. The number of carbonyl (C=O) groups is 1. The summed E-state index contributed by atoms with van der Waals surface area (Å²) in [6, 6.07) is 13.1. The van der Waals surface area contributed by atoms with Crippen LogP contribution in [0.2, 0.25) is 0 Å². The number of imidazole rings is 1. The zero-order valence-electron chi connectivity index (χ0n) is 14.4. The number of aromatic nitrogens is 2. The molecule has 0 bridgehead atoms. The van der Waals surface area contributed by atoms with Gasteiger partial charge < -0.3 is 19.2 Å². The van der Waals surface area contributed by atoms with Gasteiger partial charge in [0, 0.05) is 19.0 Å². The number of pyridine rings is 1. The van der Waals surface area contributed by atoms with Crippen LogP contribution >= 0.6 is 0 Å². The van der Waals surface area contributed by atoms with Crippen molar-refractivity contribution in [2.24, 2.45) is 0 Å². The summed E-state index contributed by atoms with van der Waals surface area (Å²) in [6.45, 7) is 1.28. The third-order valence-corrected chi connectivity index (χ3v) is 4.43. The summed E-state index contributed by atoms with van der Waals surface area (Å²) in [6.07, 6.45) is 6.98. The highest BCUT2D eigenvalue weighted by Crippen LogP contribution is 2.25. The van der Waals surface area contributed by atoms with Crippen molar-refractivity contribution in [3.8, 4) is 5.75 Å². The Labute approximate surface area is 151 Å². The van der Waals surface area contributed by atoms with Crippen LogP contribution < -0.4 is 10.1 Å². The number of carbonyl (C=O) groups excluding carboxylic acids is 1. The van der Waals surface area contributed by atoms with Gasteiger partial charge in [-0.05, 0) is 43.5 Å². The molecule has 6 nitrogen and oxygen atoms in total. The smallest absolute Gasteiger partial charge is 0.275 e. The number of amides is 1. The average molecular weight is 351 g/mol. The summed E-state index contributed by atoms with van der Waals surface area (Å²) < 4.78 is 13.4. The van der Waals surface area contributed by atoms with Gasteiger partial charge in [-0.3, -0.25) is 4.79 Å². The zero-order chi connectivity index (χ0) is 17.8. The minimum Gasteiger partial charge on any atom is -0.489 e. The summed E-state index contributed by atoms with van der Waals surface area (Å²) in [5.41, 5.74) is 1.73. The quantitative estimate of drug-likeness (QED) is 0.764. The lowest BCUT2D eigenvalue weighted by molar-refractivity contribution is -0.0109. The fourth-order valence-electron chi connectivity index (χ4n) is 3.05. The van der Waals surface area contributed by atoms with Crippen molar-refractivity contribution in [1.29, 1.82) is 0 Å². The van der Waals surface area contributed by atoms with E-state index in [-0.39, 0.29) is 12.0 Å². The molecular weight excluding hydrogens is 330 g/mol. The van der Waals surface area contributed by atoms with Crippen LogP contribution in [0.15, 0.2) is 54.9 Å². The molecule has 134 valence electrons. The Morgan fingerprint density at radius 3 is 2.96 bits per heavy atom. The molecule has 1 aliphatic heterocycles. The van der Waals surface area contributed by atoms with Gasteiger partial charge in [-0.25, -0.2) is 4.98 Å². The third-order valence-electron chi connectivity index (χ3n) is 4.43. The van der Waals surface area contributed by atoms with Crippen molar-refractivity contribution < 1.29 is 14.3 Å². The van der Waals surface area contributed by atoms with Crippen LogP contribution in [0.5, 0.6) is 5.75 Å². The first-order valence-electron chi connectivity index (χ1n) is 8.88. The summed E-state index contributed by atoms with van der Waals surface area (Å²) in [4.78, 5) is 16.9. The second kappa shape index (κ2) is 7.58. The van der Waals surface area contributed by atoms with Crippen molar-refractivity contribution in [3.05, 3.63) is 60.6 Å². The van der Waals surface area contributed by atoms with E-state index in [1.54, 1.807) is 6.20 Å². The van der Waals surface area contributed by atoms with E-state index in [2.05, 4.69) is 10.3 Å². The number of hydrogen-bond donors (Lipinski definition) is 1. The molecule has 2 aromatic heterocycles. The average Bonchev–Trinajstić information content (AvgIpc) is 3.12. The van der Waals surface area contributed by atoms with Crippen LogP contribution in [-0.2, 0) is 4.74 Å². The Hall–Kier alpha value is -2.86. The van der Waals surface area contributed by atoms with Crippen LogP contribution in [-0.4, -0.2) is 34.6 Å². The van der Waals surface area contributed by atoms with Gasteiger partial charge in [0.1, 0.15) is 23.7 Å². The lowest BCUT2D eigenvalue weighted by Crippen LogP contribution is -2.26. The normalized spacial score (nSPS) is 17.2. The molecule has 1 fully saturated rings. The Morgan fingerprint density at radius 1 is 1.23 bits per heavy atom. The lowest BCUT2D eigenvalue weighted by Gasteiger charge is -2.23. The topological polar surface area (TPSA) is 64.9 Å². The fraction of sp³-hybridized carbons (Fsp3) is 0.300. The number of benzene rings is 1. The van der Waals surface area contributed by atoms with Gasteiger partial charge >= 0.3 is 0 Å². The SMILES string of the molecule is O=C(Nc1ccccc1OC[C@@H]1CCCCO1)c1cn2ccccc2n1.